The zero-order valence-electron chi connectivity index (χ0n) is 7.26. The van der Waals surface area contributed by atoms with Crippen LogP contribution in [0.1, 0.15) is 10.5 Å². The van der Waals surface area contributed by atoms with Crippen molar-refractivity contribution in [2.75, 3.05) is 7.11 Å². The molecule has 14 heavy (non-hydrogen) atoms. The summed E-state index contributed by atoms with van der Waals surface area (Å²) in [5.41, 5.74) is 4.55. The molecule has 0 aromatic carbocycles. The maximum atomic E-state index is 10.7. The molecule has 1 aromatic rings. The lowest BCUT2D eigenvalue weighted by Gasteiger charge is -2.01. The highest BCUT2D eigenvalue weighted by molar-refractivity contribution is 5.91. The van der Waals surface area contributed by atoms with Crippen LogP contribution in [0.4, 0.5) is 5.69 Å². The number of aromatic nitrogens is 1. The highest BCUT2D eigenvalue weighted by atomic mass is 16.6. The van der Waals surface area contributed by atoms with E-state index in [0.717, 1.165) is 6.07 Å². The summed E-state index contributed by atoms with van der Waals surface area (Å²) in [5, 5.41) is 10.4. The molecule has 0 aliphatic carbocycles. The zero-order chi connectivity index (χ0) is 10.7. The summed E-state index contributed by atoms with van der Waals surface area (Å²) in [6, 6.07) is 2.29. The van der Waals surface area contributed by atoms with Crippen molar-refractivity contribution < 1.29 is 14.5 Å². The van der Waals surface area contributed by atoms with Gasteiger partial charge in [0.05, 0.1) is 12.0 Å². The maximum absolute atomic E-state index is 10.7. The molecule has 0 unspecified atom stereocenters. The minimum Gasteiger partial charge on any atom is -0.476 e. The number of nitrogens with zero attached hydrogens (tertiary/aromatic N) is 2. The van der Waals surface area contributed by atoms with E-state index >= 15 is 0 Å². The number of methoxy groups -OCH3 is 1. The topological polar surface area (TPSA) is 108 Å². The summed E-state index contributed by atoms with van der Waals surface area (Å²) in [6.07, 6.45) is 0. The molecule has 1 heterocycles. The number of primary amides is 1. The van der Waals surface area contributed by atoms with Gasteiger partial charge in [-0.05, 0) is 6.07 Å². The van der Waals surface area contributed by atoms with Gasteiger partial charge in [0, 0.05) is 6.07 Å². The molecule has 0 spiro atoms. The van der Waals surface area contributed by atoms with Gasteiger partial charge in [0.1, 0.15) is 5.69 Å². The van der Waals surface area contributed by atoms with Gasteiger partial charge in [0.15, 0.2) is 0 Å². The third-order valence-corrected chi connectivity index (χ3v) is 1.48. The number of carbonyl (C=O) groups is 1. The number of hydrogen-bond acceptors (Lipinski definition) is 5. The minimum atomic E-state index is -0.766. The third kappa shape index (κ3) is 1.76. The molecule has 7 heteroatoms. The van der Waals surface area contributed by atoms with Crippen molar-refractivity contribution in [1.29, 1.82) is 0 Å². The molecule has 0 bridgehead atoms. The Morgan fingerprint density at radius 1 is 1.64 bits per heavy atom. The number of nitrogens with two attached hydrogens (primary N) is 1. The molecule has 0 aliphatic rings. The molecule has 1 amide bonds. The van der Waals surface area contributed by atoms with Crippen LogP contribution in [0.3, 0.4) is 0 Å². The van der Waals surface area contributed by atoms with Gasteiger partial charge in [-0.25, -0.2) is 4.98 Å². The second-order valence-corrected chi connectivity index (χ2v) is 2.35. The zero-order valence-corrected chi connectivity index (χ0v) is 7.26. The molecule has 1 aromatic heterocycles. The Kier molecular flexibility index (Phi) is 2.61. The lowest BCUT2D eigenvalue weighted by Crippen LogP contribution is -2.13. The highest BCUT2D eigenvalue weighted by Crippen LogP contribution is 2.23. The fourth-order valence-corrected chi connectivity index (χ4v) is 0.859. The van der Waals surface area contributed by atoms with Gasteiger partial charge in [-0.3, -0.25) is 14.9 Å². The fraction of sp³-hybridized carbons (Fsp3) is 0.143. The minimum absolute atomic E-state index is 0.0764. The molecule has 74 valence electrons. The Bertz CT molecular complexity index is 391. The van der Waals surface area contributed by atoms with Crippen LogP contribution in [-0.4, -0.2) is 22.9 Å². The molecule has 0 aliphatic heterocycles. The van der Waals surface area contributed by atoms with Gasteiger partial charge in [0.25, 0.3) is 11.8 Å². The first-order chi connectivity index (χ1) is 6.56. The van der Waals surface area contributed by atoms with Gasteiger partial charge in [-0.2, -0.15) is 0 Å². The molecular weight excluding hydrogens is 190 g/mol. The first kappa shape index (κ1) is 9.90. The summed E-state index contributed by atoms with van der Waals surface area (Å²) in [6.45, 7) is 0. The number of carbonyl (C=O) groups excluding carboxylic acids is 1. The molecule has 0 saturated carbocycles. The Balaban J connectivity index is 3.25. The van der Waals surface area contributed by atoms with E-state index in [1.54, 1.807) is 0 Å². The molecule has 1 rings (SSSR count). The SMILES string of the molecule is COc1nc(C(N)=O)ccc1[N+](=O)[O-]. The molecule has 2 N–H and O–H groups in total. The van der Waals surface area contributed by atoms with Gasteiger partial charge in [0.2, 0.25) is 0 Å². The molecule has 7 nitrogen and oxygen atoms in total. The number of rotatable bonds is 3. The Labute approximate surface area is 78.6 Å². The molecule has 0 atom stereocenters. The second-order valence-electron chi connectivity index (χ2n) is 2.35. The van der Waals surface area contributed by atoms with Crippen LogP contribution in [0.25, 0.3) is 0 Å². The van der Waals surface area contributed by atoms with E-state index in [1.807, 2.05) is 0 Å². The van der Waals surface area contributed by atoms with Crippen LogP contribution < -0.4 is 10.5 Å². The van der Waals surface area contributed by atoms with E-state index in [9.17, 15) is 14.9 Å². The first-order valence-electron chi connectivity index (χ1n) is 3.55. The number of pyridine rings is 1. The smallest absolute Gasteiger partial charge is 0.330 e. The quantitative estimate of drug-likeness (QED) is 0.545. The average molecular weight is 197 g/mol. The van der Waals surface area contributed by atoms with Gasteiger partial charge in [-0.1, -0.05) is 0 Å². The van der Waals surface area contributed by atoms with Gasteiger partial charge >= 0.3 is 5.69 Å². The third-order valence-electron chi connectivity index (χ3n) is 1.48. The molecule has 0 saturated heterocycles. The van der Waals surface area contributed by atoms with Crippen LogP contribution in [0.2, 0.25) is 0 Å². The lowest BCUT2D eigenvalue weighted by molar-refractivity contribution is -0.386. The number of ether oxygens (including phenoxy) is 1. The van der Waals surface area contributed by atoms with Gasteiger partial charge < -0.3 is 10.5 Å². The standard InChI is InChI=1S/C7H7N3O4/c1-14-7-5(10(12)13)3-2-4(9-7)6(8)11/h2-3H,1H3,(H2,8,11). The summed E-state index contributed by atoms with van der Waals surface area (Å²) >= 11 is 0. The van der Waals surface area contributed by atoms with Crippen molar-refractivity contribution in [2.45, 2.75) is 0 Å². The number of nitro groups is 1. The van der Waals surface area contributed by atoms with E-state index in [1.165, 1.54) is 13.2 Å². The van der Waals surface area contributed by atoms with Crippen LogP contribution in [0.5, 0.6) is 5.88 Å². The molecule has 0 fully saturated rings. The summed E-state index contributed by atoms with van der Waals surface area (Å²) in [4.78, 5) is 24.0. The number of amides is 1. The highest BCUT2D eigenvalue weighted by Gasteiger charge is 2.17. The predicted octanol–water partition coefficient (Wildman–Crippen LogP) is 0.0973. The Hall–Kier alpha value is -2.18. The van der Waals surface area contributed by atoms with E-state index < -0.39 is 10.8 Å². The van der Waals surface area contributed by atoms with E-state index in [4.69, 9.17) is 5.73 Å². The van der Waals surface area contributed by atoms with Crippen molar-refractivity contribution in [1.82, 2.24) is 4.98 Å². The van der Waals surface area contributed by atoms with E-state index in [2.05, 4.69) is 9.72 Å². The number of hydrogen-bond donors (Lipinski definition) is 1. The van der Waals surface area contributed by atoms with E-state index in [0.29, 0.717) is 0 Å². The maximum Gasteiger partial charge on any atom is 0.330 e. The van der Waals surface area contributed by atoms with Crippen LogP contribution in [-0.2, 0) is 0 Å². The van der Waals surface area contributed by atoms with Crippen LogP contribution >= 0.6 is 0 Å². The summed E-state index contributed by atoms with van der Waals surface area (Å²) in [5.74, 6) is -0.996. The van der Waals surface area contributed by atoms with E-state index in [-0.39, 0.29) is 17.3 Å². The average Bonchev–Trinajstić information content (AvgIpc) is 2.16. The fourth-order valence-electron chi connectivity index (χ4n) is 0.859. The van der Waals surface area contributed by atoms with Crippen LogP contribution in [0, 0.1) is 10.1 Å². The van der Waals surface area contributed by atoms with Gasteiger partial charge in [-0.15, -0.1) is 0 Å². The molecule has 0 radical (unpaired) electrons. The van der Waals surface area contributed by atoms with Crippen molar-refractivity contribution >= 4 is 11.6 Å². The monoisotopic (exact) mass is 197 g/mol. The lowest BCUT2D eigenvalue weighted by atomic mass is 10.3. The Morgan fingerprint density at radius 2 is 2.29 bits per heavy atom. The predicted molar refractivity (Wildman–Crippen MR) is 46.0 cm³/mol. The van der Waals surface area contributed by atoms with Crippen LogP contribution in [0.15, 0.2) is 12.1 Å². The van der Waals surface area contributed by atoms with Crippen molar-refractivity contribution in [3.05, 3.63) is 27.9 Å². The second kappa shape index (κ2) is 3.69. The largest absolute Gasteiger partial charge is 0.476 e. The molecular formula is C7H7N3O4. The van der Waals surface area contributed by atoms with Crippen molar-refractivity contribution in [2.24, 2.45) is 5.73 Å². The summed E-state index contributed by atoms with van der Waals surface area (Å²) in [7, 11) is 1.22. The first-order valence-corrected chi connectivity index (χ1v) is 3.55. The van der Waals surface area contributed by atoms with Crippen molar-refractivity contribution in [3.63, 3.8) is 0 Å². The summed E-state index contributed by atoms with van der Waals surface area (Å²) < 4.78 is 4.64. The van der Waals surface area contributed by atoms with Crippen molar-refractivity contribution in [3.8, 4) is 5.88 Å². The normalized spacial score (nSPS) is 9.50. The Morgan fingerprint density at radius 3 is 2.71 bits per heavy atom.